The first-order valence-electron chi connectivity index (χ1n) is 7.99. The van der Waals surface area contributed by atoms with Gasteiger partial charge in [0.2, 0.25) is 0 Å². The summed E-state index contributed by atoms with van der Waals surface area (Å²) >= 11 is 0. The van der Waals surface area contributed by atoms with Gasteiger partial charge in [-0.25, -0.2) is 4.39 Å². The molecule has 0 radical (unpaired) electrons. The van der Waals surface area contributed by atoms with E-state index in [0.29, 0.717) is 32.3 Å². The normalized spacial score (nSPS) is 16.6. The number of aliphatic imine (C=N–C) groups is 1. The van der Waals surface area contributed by atoms with E-state index in [1.807, 2.05) is 13.0 Å². The Morgan fingerprint density at radius 1 is 1.38 bits per heavy atom. The van der Waals surface area contributed by atoms with Gasteiger partial charge in [-0.2, -0.15) is 0 Å². The first-order chi connectivity index (χ1) is 11.2. The second-order valence-electron chi connectivity index (χ2n) is 5.66. The van der Waals surface area contributed by atoms with Crippen LogP contribution in [0.2, 0.25) is 0 Å². The van der Waals surface area contributed by atoms with Gasteiger partial charge in [0.25, 0.3) is 0 Å². The Labute approximate surface area is 160 Å². The SMILES string of the molecule is C#CCNC(=NCC1(c2cccc(F)c2)CCOCC1)NCC.I. The van der Waals surface area contributed by atoms with Crippen molar-refractivity contribution in [3.05, 3.63) is 35.6 Å². The Morgan fingerprint density at radius 3 is 2.75 bits per heavy atom. The van der Waals surface area contributed by atoms with Crippen LogP contribution >= 0.6 is 24.0 Å². The molecular weight excluding hydrogens is 420 g/mol. The highest BCUT2D eigenvalue weighted by molar-refractivity contribution is 14.0. The van der Waals surface area contributed by atoms with E-state index in [1.54, 1.807) is 12.1 Å². The van der Waals surface area contributed by atoms with Gasteiger partial charge in [0.1, 0.15) is 5.82 Å². The number of hydrogen-bond donors (Lipinski definition) is 2. The third-order valence-electron chi connectivity index (χ3n) is 4.13. The molecule has 0 aliphatic carbocycles. The van der Waals surface area contributed by atoms with Crippen LogP contribution in [-0.4, -0.2) is 38.8 Å². The summed E-state index contributed by atoms with van der Waals surface area (Å²) in [5, 5.41) is 6.26. The smallest absolute Gasteiger partial charge is 0.192 e. The molecule has 1 fully saturated rings. The van der Waals surface area contributed by atoms with Crippen molar-refractivity contribution in [2.75, 3.05) is 32.8 Å². The predicted molar refractivity (Wildman–Crippen MR) is 106 cm³/mol. The first kappa shape index (κ1) is 20.7. The van der Waals surface area contributed by atoms with Gasteiger partial charge in [0.05, 0.1) is 13.1 Å². The number of benzene rings is 1. The molecule has 0 unspecified atom stereocenters. The van der Waals surface area contributed by atoms with Crippen molar-refractivity contribution in [3.8, 4) is 12.3 Å². The molecule has 1 heterocycles. The summed E-state index contributed by atoms with van der Waals surface area (Å²) in [6.45, 7) is 5.08. The Bertz CT molecular complexity index is 580. The Hall–Kier alpha value is -1.33. The van der Waals surface area contributed by atoms with Gasteiger partial charge in [0, 0.05) is 25.2 Å². The summed E-state index contributed by atoms with van der Waals surface area (Å²) in [5.41, 5.74) is 0.788. The Kier molecular flexibility index (Phi) is 9.08. The molecule has 1 saturated heterocycles. The fourth-order valence-corrected chi connectivity index (χ4v) is 2.83. The van der Waals surface area contributed by atoms with E-state index in [-0.39, 0.29) is 35.2 Å². The lowest BCUT2D eigenvalue weighted by Crippen LogP contribution is -2.41. The van der Waals surface area contributed by atoms with Crippen molar-refractivity contribution in [1.82, 2.24) is 10.6 Å². The molecule has 132 valence electrons. The molecule has 0 bridgehead atoms. The summed E-state index contributed by atoms with van der Waals surface area (Å²) in [6.07, 6.45) is 6.95. The van der Waals surface area contributed by atoms with Crippen LogP contribution in [0, 0.1) is 18.2 Å². The second kappa shape index (κ2) is 10.5. The predicted octanol–water partition coefficient (Wildman–Crippen LogP) is 2.68. The summed E-state index contributed by atoms with van der Waals surface area (Å²) in [4.78, 5) is 4.67. The van der Waals surface area contributed by atoms with Crippen molar-refractivity contribution in [3.63, 3.8) is 0 Å². The Morgan fingerprint density at radius 2 is 2.12 bits per heavy atom. The lowest BCUT2D eigenvalue weighted by Gasteiger charge is -2.36. The molecule has 2 rings (SSSR count). The van der Waals surface area contributed by atoms with Crippen LogP contribution in [0.25, 0.3) is 0 Å². The molecule has 1 aliphatic rings. The summed E-state index contributed by atoms with van der Waals surface area (Å²) < 4.78 is 19.2. The van der Waals surface area contributed by atoms with Gasteiger partial charge >= 0.3 is 0 Å². The molecule has 0 atom stereocenters. The van der Waals surface area contributed by atoms with E-state index in [0.717, 1.165) is 24.9 Å². The van der Waals surface area contributed by atoms with Crippen molar-refractivity contribution in [2.24, 2.45) is 4.99 Å². The number of ether oxygens (including phenoxy) is 1. The van der Waals surface area contributed by atoms with Gasteiger partial charge in [-0.3, -0.25) is 4.99 Å². The molecule has 1 aliphatic heterocycles. The molecular formula is C18H25FIN3O. The highest BCUT2D eigenvalue weighted by atomic mass is 127. The number of nitrogens with one attached hydrogen (secondary N) is 2. The summed E-state index contributed by atoms with van der Waals surface area (Å²) in [5.74, 6) is 3.02. The van der Waals surface area contributed by atoms with Gasteiger partial charge < -0.3 is 15.4 Å². The molecule has 0 saturated carbocycles. The van der Waals surface area contributed by atoms with Crippen molar-refractivity contribution < 1.29 is 9.13 Å². The minimum Gasteiger partial charge on any atom is -0.381 e. The average Bonchev–Trinajstić information content (AvgIpc) is 2.58. The molecule has 0 aromatic heterocycles. The minimum absolute atomic E-state index is 0. The van der Waals surface area contributed by atoms with Crippen LogP contribution in [0.5, 0.6) is 0 Å². The van der Waals surface area contributed by atoms with Crippen LogP contribution in [0.1, 0.15) is 25.3 Å². The zero-order valence-corrected chi connectivity index (χ0v) is 16.3. The quantitative estimate of drug-likeness (QED) is 0.317. The van der Waals surface area contributed by atoms with Crippen molar-refractivity contribution >= 4 is 29.9 Å². The maximum Gasteiger partial charge on any atom is 0.192 e. The number of nitrogens with zero attached hydrogens (tertiary/aromatic N) is 1. The molecule has 2 N–H and O–H groups in total. The maximum atomic E-state index is 13.7. The number of hydrogen-bond acceptors (Lipinski definition) is 2. The van der Waals surface area contributed by atoms with Crippen LogP contribution in [0.15, 0.2) is 29.3 Å². The number of halogens is 2. The first-order valence-corrected chi connectivity index (χ1v) is 7.99. The molecule has 0 spiro atoms. The van der Waals surface area contributed by atoms with Gasteiger partial charge in [0.15, 0.2) is 5.96 Å². The highest BCUT2D eigenvalue weighted by Crippen LogP contribution is 2.35. The largest absolute Gasteiger partial charge is 0.381 e. The van der Waals surface area contributed by atoms with Crippen molar-refractivity contribution in [1.29, 1.82) is 0 Å². The number of rotatable bonds is 5. The zero-order chi connectivity index (χ0) is 16.5. The van der Waals surface area contributed by atoms with Crippen LogP contribution in [0.3, 0.4) is 0 Å². The van der Waals surface area contributed by atoms with Gasteiger partial charge in [-0.05, 0) is 37.5 Å². The van der Waals surface area contributed by atoms with Crippen LogP contribution in [-0.2, 0) is 10.2 Å². The lowest BCUT2D eigenvalue weighted by atomic mass is 9.74. The topological polar surface area (TPSA) is 45.7 Å². The zero-order valence-electron chi connectivity index (χ0n) is 14.0. The summed E-state index contributed by atoms with van der Waals surface area (Å²) in [6, 6.07) is 6.82. The number of terminal acetylenes is 1. The third-order valence-corrected chi connectivity index (χ3v) is 4.13. The standard InChI is InChI=1S/C18H24FN3O.HI/c1-3-10-21-17(20-4-2)22-14-18(8-11-23-12-9-18)15-6-5-7-16(19)13-15;/h1,5-7,13H,4,8-12,14H2,2H3,(H2,20,21,22);1H. The fraction of sp³-hybridized carbons (Fsp3) is 0.500. The van der Waals surface area contributed by atoms with Crippen LogP contribution < -0.4 is 10.6 Å². The minimum atomic E-state index is -0.213. The molecule has 1 aromatic rings. The molecule has 0 amide bonds. The van der Waals surface area contributed by atoms with E-state index in [4.69, 9.17) is 11.2 Å². The van der Waals surface area contributed by atoms with E-state index in [1.165, 1.54) is 6.07 Å². The third kappa shape index (κ3) is 5.64. The van der Waals surface area contributed by atoms with Crippen molar-refractivity contribution in [2.45, 2.75) is 25.2 Å². The molecule has 1 aromatic carbocycles. The van der Waals surface area contributed by atoms with E-state index in [2.05, 4.69) is 21.5 Å². The van der Waals surface area contributed by atoms with E-state index >= 15 is 0 Å². The average molecular weight is 445 g/mol. The molecule has 4 nitrogen and oxygen atoms in total. The van der Waals surface area contributed by atoms with Gasteiger partial charge in [-0.15, -0.1) is 30.4 Å². The van der Waals surface area contributed by atoms with Crippen LogP contribution in [0.4, 0.5) is 4.39 Å². The maximum absolute atomic E-state index is 13.7. The fourth-order valence-electron chi connectivity index (χ4n) is 2.83. The highest BCUT2D eigenvalue weighted by Gasteiger charge is 2.34. The Balaban J connectivity index is 0.00000288. The molecule has 6 heteroatoms. The lowest BCUT2D eigenvalue weighted by molar-refractivity contribution is 0.0530. The summed E-state index contributed by atoms with van der Waals surface area (Å²) in [7, 11) is 0. The molecule has 24 heavy (non-hydrogen) atoms. The monoisotopic (exact) mass is 445 g/mol. The van der Waals surface area contributed by atoms with E-state index < -0.39 is 0 Å². The van der Waals surface area contributed by atoms with E-state index in [9.17, 15) is 4.39 Å². The van der Waals surface area contributed by atoms with Gasteiger partial charge in [-0.1, -0.05) is 18.1 Å². The second-order valence-corrected chi connectivity index (χ2v) is 5.66. The number of guanidine groups is 1.